The van der Waals surface area contributed by atoms with Gasteiger partial charge in [0, 0.05) is 17.8 Å². The van der Waals surface area contributed by atoms with E-state index < -0.39 is 0 Å². The molecule has 0 bridgehead atoms. The summed E-state index contributed by atoms with van der Waals surface area (Å²) >= 11 is 1.74. The van der Waals surface area contributed by atoms with Crippen LogP contribution in [-0.2, 0) is 6.54 Å². The fourth-order valence-corrected chi connectivity index (χ4v) is 3.94. The number of benzene rings is 3. The van der Waals surface area contributed by atoms with Crippen molar-refractivity contribution in [3.63, 3.8) is 0 Å². The van der Waals surface area contributed by atoms with Gasteiger partial charge < -0.3 is 5.32 Å². The van der Waals surface area contributed by atoms with Gasteiger partial charge in [0.2, 0.25) is 0 Å². The van der Waals surface area contributed by atoms with Gasteiger partial charge >= 0.3 is 0 Å². The Morgan fingerprint density at radius 1 is 0.923 bits per heavy atom. The highest BCUT2D eigenvalue weighted by Crippen LogP contribution is 2.31. The lowest BCUT2D eigenvalue weighted by Gasteiger charge is -2.10. The molecule has 3 aromatic carbocycles. The number of rotatable bonds is 5. The Balaban J connectivity index is 1.50. The molecule has 1 N–H and O–H groups in total. The maximum absolute atomic E-state index is 4.76. The zero-order chi connectivity index (χ0) is 17.9. The minimum Gasteiger partial charge on any atom is -0.381 e. The van der Waals surface area contributed by atoms with Crippen LogP contribution in [0.1, 0.15) is 30.9 Å². The second-order valence-electron chi connectivity index (χ2n) is 6.82. The highest BCUT2D eigenvalue weighted by atomic mass is 32.1. The monoisotopic (exact) mass is 358 g/mol. The van der Waals surface area contributed by atoms with Gasteiger partial charge in [-0.3, -0.25) is 0 Å². The third kappa shape index (κ3) is 3.63. The van der Waals surface area contributed by atoms with Gasteiger partial charge in [-0.05, 0) is 41.3 Å². The predicted octanol–water partition coefficient (Wildman–Crippen LogP) is 6.70. The molecule has 4 aromatic rings. The summed E-state index contributed by atoms with van der Waals surface area (Å²) in [4.78, 5) is 4.76. The van der Waals surface area contributed by atoms with Crippen molar-refractivity contribution < 1.29 is 0 Å². The van der Waals surface area contributed by atoms with Crippen LogP contribution in [0.15, 0.2) is 72.8 Å². The lowest BCUT2D eigenvalue weighted by Crippen LogP contribution is -1.99. The van der Waals surface area contributed by atoms with Gasteiger partial charge in [0.05, 0.1) is 10.2 Å². The van der Waals surface area contributed by atoms with Crippen molar-refractivity contribution >= 4 is 27.2 Å². The molecule has 0 saturated carbocycles. The zero-order valence-corrected chi connectivity index (χ0v) is 15.9. The lowest BCUT2D eigenvalue weighted by atomic mass is 10.0. The summed E-state index contributed by atoms with van der Waals surface area (Å²) in [5.74, 6) is 0.572. The summed E-state index contributed by atoms with van der Waals surface area (Å²) in [7, 11) is 0. The second kappa shape index (κ2) is 7.30. The molecule has 2 nitrogen and oxygen atoms in total. The van der Waals surface area contributed by atoms with E-state index in [1.807, 2.05) is 6.07 Å². The van der Waals surface area contributed by atoms with Crippen LogP contribution in [0.25, 0.3) is 20.8 Å². The first kappa shape index (κ1) is 16.8. The molecule has 0 aliphatic carbocycles. The third-order valence-electron chi connectivity index (χ3n) is 4.55. The van der Waals surface area contributed by atoms with Gasteiger partial charge in [0.15, 0.2) is 0 Å². The molecule has 0 radical (unpaired) electrons. The molecule has 0 amide bonds. The molecule has 0 unspecified atom stereocenters. The van der Waals surface area contributed by atoms with Gasteiger partial charge in [0.1, 0.15) is 5.01 Å². The molecule has 1 aromatic heterocycles. The minimum atomic E-state index is 0.572. The van der Waals surface area contributed by atoms with Gasteiger partial charge in [-0.1, -0.05) is 62.4 Å². The minimum absolute atomic E-state index is 0.572. The number of thiazole rings is 1. The van der Waals surface area contributed by atoms with E-state index in [4.69, 9.17) is 4.98 Å². The summed E-state index contributed by atoms with van der Waals surface area (Å²) < 4.78 is 1.23. The summed E-state index contributed by atoms with van der Waals surface area (Å²) in [6.45, 7) is 5.27. The van der Waals surface area contributed by atoms with E-state index in [1.54, 1.807) is 11.3 Å². The normalized spacial score (nSPS) is 11.2. The van der Waals surface area contributed by atoms with Gasteiger partial charge in [0.25, 0.3) is 0 Å². The Bertz CT molecular complexity index is 983. The van der Waals surface area contributed by atoms with Crippen molar-refractivity contribution in [2.24, 2.45) is 0 Å². The quantitative estimate of drug-likeness (QED) is 0.429. The van der Waals surface area contributed by atoms with E-state index in [1.165, 1.54) is 15.8 Å². The number of para-hydroxylation sites is 1. The fraction of sp³-hybridized carbons (Fsp3) is 0.174. The molecule has 0 saturated heterocycles. The average Bonchev–Trinajstić information content (AvgIpc) is 3.11. The van der Waals surface area contributed by atoms with Crippen molar-refractivity contribution in [2.45, 2.75) is 26.3 Å². The molecule has 0 fully saturated rings. The van der Waals surface area contributed by atoms with E-state index in [0.29, 0.717) is 5.92 Å². The van der Waals surface area contributed by atoms with Crippen LogP contribution in [0, 0.1) is 0 Å². The Kier molecular flexibility index (Phi) is 4.72. The molecular formula is C23H22N2S. The van der Waals surface area contributed by atoms with E-state index in [0.717, 1.165) is 28.3 Å². The number of anilines is 1. The Hall–Kier alpha value is -2.65. The number of nitrogens with zero attached hydrogens (tertiary/aromatic N) is 1. The first-order valence-electron chi connectivity index (χ1n) is 8.98. The molecule has 3 heteroatoms. The van der Waals surface area contributed by atoms with Crippen LogP contribution in [0.5, 0.6) is 0 Å². The fourth-order valence-electron chi connectivity index (χ4n) is 2.98. The maximum atomic E-state index is 4.76. The van der Waals surface area contributed by atoms with Gasteiger partial charge in [-0.15, -0.1) is 11.3 Å². The van der Waals surface area contributed by atoms with Crippen molar-refractivity contribution in [1.29, 1.82) is 0 Å². The standard InChI is InChI=1S/C23H22N2S/c1-16(2)18-12-10-17(11-13-18)15-24-20-7-5-6-19(14-20)23-25-21-8-3-4-9-22(21)26-23/h3-14,16,24H,15H2,1-2H3. The first-order chi connectivity index (χ1) is 12.7. The molecule has 0 aliphatic rings. The molecule has 0 atom stereocenters. The highest BCUT2D eigenvalue weighted by molar-refractivity contribution is 7.21. The number of nitrogens with one attached hydrogen (secondary N) is 1. The SMILES string of the molecule is CC(C)c1ccc(CNc2cccc(-c3nc4ccccc4s3)c2)cc1. The van der Waals surface area contributed by atoms with E-state index in [-0.39, 0.29) is 0 Å². The Morgan fingerprint density at radius 3 is 2.50 bits per heavy atom. The van der Waals surface area contributed by atoms with Crippen LogP contribution in [0.4, 0.5) is 5.69 Å². The molecule has 0 spiro atoms. The second-order valence-corrected chi connectivity index (χ2v) is 7.85. The molecule has 0 aliphatic heterocycles. The van der Waals surface area contributed by atoms with Crippen LogP contribution in [-0.4, -0.2) is 4.98 Å². The van der Waals surface area contributed by atoms with Gasteiger partial charge in [-0.25, -0.2) is 4.98 Å². The molecular weight excluding hydrogens is 336 g/mol. The van der Waals surface area contributed by atoms with Gasteiger partial charge in [-0.2, -0.15) is 0 Å². The van der Waals surface area contributed by atoms with Crippen molar-refractivity contribution in [3.05, 3.63) is 83.9 Å². The van der Waals surface area contributed by atoms with Crippen molar-refractivity contribution in [1.82, 2.24) is 4.98 Å². The van der Waals surface area contributed by atoms with Crippen LogP contribution >= 0.6 is 11.3 Å². The topological polar surface area (TPSA) is 24.9 Å². The number of hydrogen-bond acceptors (Lipinski definition) is 3. The highest BCUT2D eigenvalue weighted by Gasteiger charge is 2.06. The molecule has 4 rings (SSSR count). The van der Waals surface area contributed by atoms with Crippen molar-refractivity contribution in [2.75, 3.05) is 5.32 Å². The smallest absolute Gasteiger partial charge is 0.124 e. The molecule has 1 heterocycles. The summed E-state index contributed by atoms with van der Waals surface area (Å²) in [5, 5.41) is 4.60. The van der Waals surface area contributed by atoms with E-state index in [9.17, 15) is 0 Å². The van der Waals surface area contributed by atoms with Crippen LogP contribution in [0.2, 0.25) is 0 Å². The number of fused-ring (bicyclic) bond motifs is 1. The predicted molar refractivity (Wildman–Crippen MR) is 113 cm³/mol. The van der Waals surface area contributed by atoms with Crippen LogP contribution in [0.3, 0.4) is 0 Å². The van der Waals surface area contributed by atoms with E-state index >= 15 is 0 Å². The average molecular weight is 359 g/mol. The molecule has 130 valence electrons. The number of hydrogen-bond donors (Lipinski definition) is 1. The zero-order valence-electron chi connectivity index (χ0n) is 15.1. The summed E-state index contributed by atoms with van der Waals surface area (Å²) in [6.07, 6.45) is 0. The summed E-state index contributed by atoms with van der Waals surface area (Å²) in [5.41, 5.74) is 6.02. The molecule has 26 heavy (non-hydrogen) atoms. The Labute approximate surface area is 158 Å². The van der Waals surface area contributed by atoms with Crippen LogP contribution < -0.4 is 5.32 Å². The van der Waals surface area contributed by atoms with Crippen molar-refractivity contribution in [3.8, 4) is 10.6 Å². The maximum Gasteiger partial charge on any atom is 0.124 e. The third-order valence-corrected chi connectivity index (χ3v) is 5.63. The number of aromatic nitrogens is 1. The Morgan fingerprint density at radius 2 is 1.73 bits per heavy atom. The summed E-state index contributed by atoms with van der Waals surface area (Å²) in [6, 6.07) is 25.7. The largest absolute Gasteiger partial charge is 0.381 e. The lowest BCUT2D eigenvalue weighted by molar-refractivity contribution is 0.865. The first-order valence-corrected chi connectivity index (χ1v) is 9.79. The van der Waals surface area contributed by atoms with E-state index in [2.05, 4.69) is 85.9 Å².